The van der Waals surface area contributed by atoms with Crippen LogP contribution in [-0.4, -0.2) is 35.4 Å². The minimum absolute atomic E-state index is 0.0107. The van der Waals surface area contributed by atoms with Gasteiger partial charge in [0.1, 0.15) is 11.5 Å². The Morgan fingerprint density at radius 2 is 2.00 bits per heavy atom. The monoisotopic (exact) mass is 249 g/mol. The van der Waals surface area contributed by atoms with E-state index in [0.717, 1.165) is 25.2 Å². The maximum Gasteiger partial charge on any atom is 0.272 e. The van der Waals surface area contributed by atoms with Gasteiger partial charge in [-0.05, 0) is 31.9 Å². The molecule has 1 aromatic rings. The fourth-order valence-corrected chi connectivity index (χ4v) is 2.02. The average molecular weight is 249 g/mol. The van der Waals surface area contributed by atoms with Crippen molar-refractivity contribution in [1.29, 1.82) is 0 Å². The summed E-state index contributed by atoms with van der Waals surface area (Å²) < 4.78 is 0. The third-order valence-electron chi connectivity index (χ3n) is 3.14. The second-order valence-corrected chi connectivity index (χ2v) is 4.32. The molecule has 0 aliphatic heterocycles. The predicted octanol–water partition coefficient (Wildman–Crippen LogP) is 2.77. The second kappa shape index (κ2) is 6.99. The maximum absolute atomic E-state index is 12.3. The van der Waals surface area contributed by atoms with E-state index in [9.17, 15) is 4.79 Å². The molecule has 0 fully saturated rings. The van der Waals surface area contributed by atoms with Gasteiger partial charge >= 0.3 is 0 Å². The second-order valence-electron chi connectivity index (χ2n) is 4.32. The molecule has 1 amide bonds. The average Bonchev–Trinajstić information content (AvgIpc) is 2.40. The lowest BCUT2D eigenvalue weighted by Crippen LogP contribution is -2.36. The minimum Gasteiger partial charge on any atom is -0.370 e. The smallest absolute Gasteiger partial charge is 0.272 e. The minimum atomic E-state index is -0.0107. The third-order valence-corrected chi connectivity index (χ3v) is 3.14. The summed E-state index contributed by atoms with van der Waals surface area (Å²) in [6, 6.07) is 5.78. The summed E-state index contributed by atoms with van der Waals surface area (Å²) in [6.07, 6.45) is 1.93. The predicted molar refractivity (Wildman–Crippen MR) is 74.9 cm³/mol. The number of nitrogens with one attached hydrogen (secondary N) is 1. The topological polar surface area (TPSA) is 45.2 Å². The number of anilines is 1. The standard InChI is InChI=1S/C14H23N3O/c1-5-11(6-2)17(4)14(18)12-9-8-10-13(16-12)15-7-3/h8-11H,5-7H2,1-4H3,(H,15,16). The Morgan fingerprint density at radius 3 is 2.56 bits per heavy atom. The van der Waals surface area contributed by atoms with E-state index in [4.69, 9.17) is 0 Å². The van der Waals surface area contributed by atoms with E-state index in [1.54, 1.807) is 11.0 Å². The molecule has 0 spiro atoms. The van der Waals surface area contributed by atoms with Crippen molar-refractivity contribution in [2.24, 2.45) is 0 Å². The van der Waals surface area contributed by atoms with Crippen LogP contribution in [0.3, 0.4) is 0 Å². The summed E-state index contributed by atoms with van der Waals surface area (Å²) in [4.78, 5) is 18.4. The SMILES string of the molecule is CCNc1cccc(C(=O)N(C)C(CC)CC)n1. The summed E-state index contributed by atoms with van der Waals surface area (Å²) >= 11 is 0. The molecule has 0 aromatic carbocycles. The van der Waals surface area contributed by atoms with Crippen molar-refractivity contribution >= 4 is 11.7 Å². The van der Waals surface area contributed by atoms with Crippen molar-refractivity contribution in [3.63, 3.8) is 0 Å². The molecule has 0 atom stereocenters. The first-order chi connectivity index (χ1) is 8.63. The number of carbonyl (C=O) groups excluding carboxylic acids is 1. The van der Waals surface area contributed by atoms with Crippen LogP contribution in [0.25, 0.3) is 0 Å². The number of carbonyl (C=O) groups is 1. The molecular formula is C14H23N3O. The zero-order valence-electron chi connectivity index (χ0n) is 11.7. The van der Waals surface area contributed by atoms with Gasteiger partial charge in [0.15, 0.2) is 0 Å². The molecule has 0 saturated carbocycles. The van der Waals surface area contributed by atoms with Gasteiger partial charge in [0.2, 0.25) is 0 Å². The van der Waals surface area contributed by atoms with Crippen LogP contribution in [0.4, 0.5) is 5.82 Å². The molecule has 1 N–H and O–H groups in total. The lowest BCUT2D eigenvalue weighted by atomic mass is 10.1. The summed E-state index contributed by atoms with van der Waals surface area (Å²) in [5.74, 6) is 0.741. The van der Waals surface area contributed by atoms with Crippen molar-refractivity contribution in [3.8, 4) is 0 Å². The molecule has 100 valence electrons. The zero-order valence-corrected chi connectivity index (χ0v) is 11.7. The van der Waals surface area contributed by atoms with Gasteiger partial charge in [0, 0.05) is 19.6 Å². The highest BCUT2D eigenvalue weighted by Crippen LogP contribution is 2.12. The lowest BCUT2D eigenvalue weighted by Gasteiger charge is -2.26. The van der Waals surface area contributed by atoms with Crippen LogP contribution in [0, 0.1) is 0 Å². The lowest BCUT2D eigenvalue weighted by molar-refractivity contribution is 0.0718. The molecule has 18 heavy (non-hydrogen) atoms. The van der Waals surface area contributed by atoms with E-state index in [0.29, 0.717) is 5.69 Å². The van der Waals surface area contributed by atoms with Crippen molar-refractivity contribution < 1.29 is 4.79 Å². The van der Waals surface area contributed by atoms with Gasteiger partial charge in [-0.15, -0.1) is 0 Å². The number of hydrogen-bond donors (Lipinski definition) is 1. The summed E-state index contributed by atoms with van der Waals surface area (Å²) in [7, 11) is 1.85. The van der Waals surface area contributed by atoms with Crippen LogP contribution in [0.5, 0.6) is 0 Å². The largest absolute Gasteiger partial charge is 0.370 e. The molecule has 4 heteroatoms. The number of rotatable bonds is 6. The van der Waals surface area contributed by atoms with Gasteiger partial charge in [-0.2, -0.15) is 0 Å². The number of nitrogens with zero attached hydrogens (tertiary/aromatic N) is 2. The molecule has 0 aliphatic rings. The van der Waals surface area contributed by atoms with Crippen LogP contribution < -0.4 is 5.32 Å². The first kappa shape index (κ1) is 14.5. The van der Waals surface area contributed by atoms with Crippen LogP contribution in [0.2, 0.25) is 0 Å². The third kappa shape index (κ3) is 3.45. The molecule has 0 aliphatic carbocycles. The maximum atomic E-state index is 12.3. The van der Waals surface area contributed by atoms with E-state index >= 15 is 0 Å². The molecule has 0 unspecified atom stereocenters. The highest BCUT2D eigenvalue weighted by Gasteiger charge is 2.19. The normalized spacial score (nSPS) is 10.5. The first-order valence-electron chi connectivity index (χ1n) is 6.62. The van der Waals surface area contributed by atoms with E-state index in [2.05, 4.69) is 24.1 Å². The van der Waals surface area contributed by atoms with Crippen LogP contribution in [-0.2, 0) is 0 Å². The number of pyridine rings is 1. The summed E-state index contributed by atoms with van der Waals surface area (Å²) in [5.41, 5.74) is 0.503. The Bertz CT molecular complexity index is 388. The molecule has 1 aromatic heterocycles. The van der Waals surface area contributed by atoms with Crippen LogP contribution >= 0.6 is 0 Å². The highest BCUT2D eigenvalue weighted by molar-refractivity contribution is 5.92. The Kier molecular flexibility index (Phi) is 5.62. The van der Waals surface area contributed by atoms with Crippen molar-refractivity contribution in [1.82, 2.24) is 9.88 Å². The van der Waals surface area contributed by atoms with Crippen molar-refractivity contribution in [2.45, 2.75) is 39.7 Å². The van der Waals surface area contributed by atoms with Gasteiger partial charge in [-0.1, -0.05) is 19.9 Å². The fourth-order valence-electron chi connectivity index (χ4n) is 2.02. The number of amides is 1. The first-order valence-corrected chi connectivity index (χ1v) is 6.62. The van der Waals surface area contributed by atoms with E-state index in [1.165, 1.54) is 0 Å². The summed E-state index contributed by atoms with van der Waals surface area (Å²) in [6.45, 7) is 7.00. The molecule has 0 bridgehead atoms. The van der Waals surface area contributed by atoms with Crippen molar-refractivity contribution in [2.75, 3.05) is 18.9 Å². The molecule has 4 nitrogen and oxygen atoms in total. The van der Waals surface area contributed by atoms with Gasteiger partial charge in [-0.25, -0.2) is 4.98 Å². The Labute approximate surface area is 109 Å². The zero-order chi connectivity index (χ0) is 13.5. The number of hydrogen-bond acceptors (Lipinski definition) is 3. The van der Waals surface area contributed by atoms with Gasteiger partial charge in [0.05, 0.1) is 0 Å². The summed E-state index contributed by atoms with van der Waals surface area (Å²) in [5, 5.41) is 3.12. The molecule has 0 saturated heterocycles. The van der Waals surface area contributed by atoms with Crippen molar-refractivity contribution in [3.05, 3.63) is 23.9 Å². The highest BCUT2D eigenvalue weighted by atomic mass is 16.2. The molecule has 1 heterocycles. The van der Waals surface area contributed by atoms with Gasteiger partial charge < -0.3 is 10.2 Å². The molecule has 0 radical (unpaired) electrons. The molecular weight excluding hydrogens is 226 g/mol. The van der Waals surface area contributed by atoms with Crippen LogP contribution in [0.1, 0.15) is 44.1 Å². The van der Waals surface area contributed by atoms with Gasteiger partial charge in [0.25, 0.3) is 5.91 Å². The van der Waals surface area contributed by atoms with Gasteiger partial charge in [-0.3, -0.25) is 4.79 Å². The van der Waals surface area contributed by atoms with E-state index < -0.39 is 0 Å². The Balaban J connectivity index is 2.85. The number of aromatic nitrogens is 1. The quantitative estimate of drug-likeness (QED) is 0.843. The Morgan fingerprint density at radius 1 is 1.33 bits per heavy atom. The fraction of sp³-hybridized carbons (Fsp3) is 0.571. The molecule has 1 rings (SSSR count). The Hall–Kier alpha value is -1.58. The van der Waals surface area contributed by atoms with Crippen LogP contribution in [0.15, 0.2) is 18.2 Å². The van der Waals surface area contributed by atoms with E-state index in [-0.39, 0.29) is 11.9 Å². The van der Waals surface area contributed by atoms with E-state index in [1.807, 2.05) is 26.1 Å².